The Labute approximate surface area is 87.2 Å². The predicted octanol–water partition coefficient (Wildman–Crippen LogP) is 2.05. The van der Waals surface area contributed by atoms with Crippen LogP contribution >= 0.6 is 22.6 Å². The van der Waals surface area contributed by atoms with Gasteiger partial charge in [0.25, 0.3) is 0 Å². The van der Waals surface area contributed by atoms with Crippen LogP contribution in [0.3, 0.4) is 0 Å². The van der Waals surface area contributed by atoms with Crippen LogP contribution < -0.4 is 0 Å². The zero-order chi connectivity index (χ0) is 9.94. The molecule has 3 nitrogen and oxygen atoms in total. The normalized spacial score (nSPS) is 11.1. The second-order valence-corrected chi connectivity index (χ2v) is 6.35. The Balaban J connectivity index is 4.15. The van der Waals surface area contributed by atoms with E-state index in [9.17, 15) is 4.79 Å². The van der Waals surface area contributed by atoms with Crippen LogP contribution in [0.25, 0.3) is 0 Å². The summed E-state index contributed by atoms with van der Waals surface area (Å²) in [6.07, 6.45) is 0.472. The van der Waals surface area contributed by atoms with Crippen molar-refractivity contribution in [1.29, 1.82) is 5.41 Å². The lowest BCUT2D eigenvalue weighted by atomic mass is 10.1. The minimum absolute atomic E-state index is 0.00176. The monoisotopic (exact) mass is 282 g/mol. The number of nitrogens with zero attached hydrogens (tertiary/aromatic N) is 1. The third-order valence-corrected chi connectivity index (χ3v) is 1.83. The number of carbonyl (C=O) groups is 1. The molecule has 0 atom stereocenters. The molecule has 0 bridgehead atoms. The maximum Gasteiger partial charge on any atom is 0.228 e. The van der Waals surface area contributed by atoms with Crippen molar-refractivity contribution < 1.29 is 4.79 Å². The maximum absolute atomic E-state index is 11.4. The molecule has 0 saturated heterocycles. The highest BCUT2D eigenvalue weighted by molar-refractivity contribution is 14.1. The van der Waals surface area contributed by atoms with E-state index in [1.165, 1.54) is 4.90 Å². The van der Waals surface area contributed by atoms with E-state index >= 15 is 0 Å². The van der Waals surface area contributed by atoms with Crippen molar-refractivity contribution in [2.24, 2.45) is 0 Å². The molecule has 0 aliphatic carbocycles. The Kier molecular flexibility index (Phi) is 4.16. The number of hydrogen-bond acceptors (Lipinski definition) is 2. The first kappa shape index (κ1) is 11.9. The second kappa shape index (κ2) is 4.20. The summed E-state index contributed by atoms with van der Waals surface area (Å²) in [7, 11) is 1.63. The number of halogens is 1. The van der Waals surface area contributed by atoms with Crippen molar-refractivity contribution in [3.8, 4) is 0 Å². The molecule has 0 aromatic heterocycles. The summed E-state index contributed by atoms with van der Waals surface area (Å²) in [6, 6.07) is 0. The molecule has 0 radical (unpaired) electrons. The van der Waals surface area contributed by atoms with E-state index in [4.69, 9.17) is 5.41 Å². The number of alkyl halides is 1. The number of hydrogen-bond donors (Lipinski definition) is 1. The van der Waals surface area contributed by atoms with Gasteiger partial charge in [-0.25, -0.2) is 0 Å². The fourth-order valence-electron chi connectivity index (χ4n) is 0.665. The summed E-state index contributed by atoms with van der Waals surface area (Å²) in [6.45, 7) is 5.61. The molecule has 0 aromatic rings. The predicted molar refractivity (Wildman–Crippen MR) is 58.9 cm³/mol. The molecule has 70 valence electrons. The van der Waals surface area contributed by atoms with Crippen molar-refractivity contribution in [3.63, 3.8) is 0 Å². The van der Waals surface area contributed by atoms with Gasteiger partial charge in [-0.3, -0.25) is 10.2 Å². The summed E-state index contributed by atoms with van der Waals surface area (Å²) in [5, 5.41) is 7.24. The Morgan fingerprint density at radius 3 is 2.25 bits per heavy atom. The van der Waals surface area contributed by atoms with Gasteiger partial charge in [0, 0.05) is 16.9 Å². The fraction of sp³-hybridized carbons (Fsp3) is 0.750. The Morgan fingerprint density at radius 1 is 1.58 bits per heavy atom. The van der Waals surface area contributed by atoms with Gasteiger partial charge < -0.3 is 4.90 Å². The van der Waals surface area contributed by atoms with Gasteiger partial charge in [0.05, 0.1) is 5.84 Å². The molecule has 0 saturated carbocycles. The highest BCUT2D eigenvalue weighted by Crippen LogP contribution is 2.21. The maximum atomic E-state index is 11.4. The van der Waals surface area contributed by atoms with Gasteiger partial charge >= 0.3 is 0 Å². The van der Waals surface area contributed by atoms with E-state index in [0.717, 1.165) is 0 Å². The van der Waals surface area contributed by atoms with Crippen molar-refractivity contribution in [2.45, 2.75) is 30.6 Å². The SMILES string of the molecule is CC(=N)N(C)C(=O)CC(C)(C)I. The Bertz CT molecular complexity index is 196. The summed E-state index contributed by atoms with van der Waals surface area (Å²) in [5.74, 6) is 0.294. The number of nitrogens with one attached hydrogen (secondary N) is 1. The fourth-order valence-corrected chi connectivity index (χ4v) is 0.992. The molecular weight excluding hydrogens is 267 g/mol. The molecule has 0 rings (SSSR count). The molecule has 0 heterocycles. The summed E-state index contributed by atoms with van der Waals surface area (Å²) < 4.78 is -0.0292. The lowest BCUT2D eigenvalue weighted by Gasteiger charge is -2.20. The van der Waals surface area contributed by atoms with E-state index in [-0.39, 0.29) is 9.33 Å². The third kappa shape index (κ3) is 4.69. The Morgan fingerprint density at radius 2 is 2.00 bits per heavy atom. The van der Waals surface area contributed by atoms with Crippen LogP contribution in [0.1, 0.15) is 27.2 Å². The van der Waals surface area contributed by atoms with Crippen molar-refractivity contribution in [1.82, 2.24) is 4.90 Å². The minimum atomic E-state index is -0.0292. The lowest BCUT2D eigenvalue weighted by molar-refractivity contribution is -0.126. The first-order valence-corrected chi connectivity index (χ1v) is 4.82. The van der Waals surface area contributed by atoms with Crippen LogP contribution in [0, 0.1) is 5.41 Å². The molecule has 4 heteroatoms. The third-order valence-electron chi connectivity index (χ3n) is 1.45. The van der Waals surface area contributed by atoms with Gasteiger partial charge in [0.15, 0.2) is 0 Å². The lowest BCUT2D eigenvalue weighted by Crippen LogP contribution is -2.34. The smallest absolute Gasteiger partial charge is 0.228 e. The standard InChI is InChI=1S/C8H15IN2O/c1-6(10)11(4)7(12)5-8(2,3)9/h10H,5H2,1-4H3. The highest BCUT2D eigenvalue weighted by atomic mass is 127. The van der Waals surface area contributed by atoms with Crippen LogP contribution in [-0.4, -0.2) is 27.1 Å². The highest BCUT2D eigenvalue weighted by Gasteiger charge is 2.20. The van der Waals surface area contributed by atoms with E-state index in [1.807, 2.05) is 13.8 Å². The van der Waals surface area contributed by atoms with Crippen LogP contribution in [0.2, 0.25) is 0 Å². The second-order valence-electron chi connectivity index (χ2n) is 3.43. The average Bonchev–Trinajstić information content (AvgIpc) is 1.82. The average molecular weight is 282 g/mol. The molecule has 0 aliphatic heterocycles. The quantitative estimate of drug-likeness (QED) is 0.358. The molecular formula is C8H15IN2O. The van der Waals surface area contributed by atoms with Gasteiger partial charge in [0.2, 0.25) is 5.91 Å². The van der Waals surface area contributed by atoms with Crippen molar-refractivity contribution >= 4 is 34.3 Å². The van der Waals surface area contributed by atoms with Crippen LogP contribution in [0.5, 0.6) is 0 Å². The van der Waals surface area contributed by atoms with E-state index in [1.54, 1.807) is 14.0 Å². The summed E-state index contributed by atoms with van der Waals surface area (Å²) in [4.78, 5) is 12.8. The number of rotatable bonds is 2. The summed E-state index contributed by atoms with van der Waals surface area (Å²) in [5.41, 5.74) is 0. The number of carbonyl (C=O) groups excluding carboxylic acids is 1. The topological polar surface area (TPSA) is 44.2 Å². The molecule has 0 fully saturated rings. The van der Waals surface area contributed by atoms with Gasteiger partial charge in [0.1, 0.15) is 0 Å². The largest absolute Gasteiger partial charge is 0.304 e. The van der Waals surface area contributed by atoms with Crippen molar-refractivity contribution in [2.75, 3.05) is 7.05 Å². The van der Waals surface area contributed by atoms with Gasteiger partial charge in [-0.05, 0) is 6.92 Å². The van der Waals surface area contributed by atoms with E-state index < -0.39 is 0 Å². The molecule has 0 aromatic carbocycles. The molecule has 12 heavy (non-hydrogen) atoms. The molecule has 0 spiro atoms. The van der Waals surface area contributed by atoms with E-state index in [2.05, 4.69) is 22.6 Å². The van der Waals surface area contributed by atoms with Gasteiger partial charge in [-0.2, -0.15) is 0 Å². The molecule has 1 N–H and O–H groups in total. The molecule has 0 unspecified atom stereocenters. The van der Waals surface area contributed by atoms with E-state index in [0.29, 0.717) is 12.3 Å². The minimum Gasteiger partial charge on any atom is -0.304 e. The zero-order valence-corrected chi connectivity index (χ0v) is 10.1. The van der Waals surface area contributed by atoms with Gasteiger partial charge in [-0.15, -0.1) is 0 Å². The molecule has 1 amide bonds. The van der Waals surface area contributed by atoms with Gasteiger partial charge in [-0.1, -0.05) is 36.4 Å². The van der Waals surface area contributed by atoms with Crippen molar-refractivity contribution in [3.05, 3.63) is 0 Å². The van der Waals surface area contributed by atoms with Crippen LogP contribution in [-0.2, 0) is 4.79 Å². The number of amidine groups is 1. The Hall–Kier alpha value is -0.130. The molecule has 0 aliphatic rings. The summed E-state index contributed by atoms with van der Waals surface area (Å²) >= 11 is 2.23. The number of amides is 1. The van der Waals surface area contributed by atoms with Crippen LogP contribution in [0.15, 0.2) is 0 Å². The van der Waals surface area contributed by atoms with Crippen LogP contribution in [0.4, 0.5) is 0 Å². The zero-order valence-electron chi connectivity index (χ0n) is 7.94. The first-order valence-electron chi connectivity index (χ1n) is 3.74. The first-order chi connectivity index (χ1) is 5.24.